The first-order valence-corrected chi connectivity index (χ1v) is 6.89. The van der Waals surface area contributed by atoms with Gasteiger partial charge < -0.3 is 15.7 Å². The van der Waals surface area contributed by atoms with Crippen LogP contribution >= 0.6 is 0 Å². The van der Waals surface area contributed by atoms with Crippen LogP contribution in [0.3, 0.4) is 0 Å². The van der Waals surface area contributed by atoms with E-state index in [-0.39, 0.29) is 23.0 Å². The van der Waals surface area contributed by atoms with Gasteiger partial charge in [0.2, 0.25) is 5.82 Å². The molecule has 1 saturated heterocycles. The number of hydrogen-bond acceptors (Lipinski definition) is 4. The van der Waals surface area contributed by atoms with Crippen molar-refractivity contribution in [1.82, 2.24) is 14.9 Å². The number of likely N-dealkylation sites (tertiary alicyclic amines) is 1. The Labute approximate surface area is 130 Å². The fourth-order valence-electron chi connectivity index (χ4n) is 2.27. The second-order valence-electron chi connectivity index (χ2n) is 5.20. The number of nitrogens with zero attached hydrogens (tertiary/aromatic N) is 3. The van der Waals surface area contributed by atoms with Crippen LogP contribution < -0.4 is 5.73 Å². The lowest BCUT2D eigenvalue weighted by Crippen LogP contribution is -2.37. The largest absolute Gasteiger partial charge is 0.465 e. The molecular weight excluding hydrogens is 313 g/mol. The monoisotopic (exact) mass is 328 g/mol. The lowest BCUT2D eigenvalue weighted by Gasteiger charge is -2.27. The number of rotatable bonds is 0. The van der Waals surface area contributed by atoms with Gasteiger partial charge in [0.05, 0.1) is 11.3 Å². The topological polar surface area (TPSA) is 92.3 Å². The van der Waals surface area contributed by atoms with E-state index in [4.69, 9.17) is 10.8 Å². The van der Waals surface area contributed by atoms with E-state index in [1.54, 1.807) is 0 Å². The fraction of sp³-hybridized carbons (Fsp3) is 0.500. The lowest BCUT2D eigenvalue weighted by atomic mass is 9.97. The number of piperidine rings is 1. The first kappa shape index (κ1) is 16.9. The second kappa shape index (κ2) is 6.32. The molecule has 1 aliphatic heterocycles. The second-order valence-corrected chi connectivity index (χ2v) is 5.20. The van der Waals surface area contributed by atoms with Crippen LogP contribution in [0.25, 0.3) is 0 Å². The highest BCUT2D eigenvalue weighted by Crippen LogP contribution is 2.28. The fourth-order valence-corrected chi connectivity index (χ4v) is 2.27. The van der Waals surface area contributed by atoms with Crippen LogP contribution in [-0.2, 0) is 6.18 Å². The van der Waals surface area contributed by atoms with Crippen LogP contribution in [0.1, 0.15) is 29.9 Å². The molecule has 1 aromatic heterocycles. The highest BCUT2D eigenvalue weighted by molar-refractivity contribution is 5.65. The number of aromatic nitrogens is 2. The van der Waals surface area contributed by atoms with Gasteiger partial charge in [-0.3, -0.25) is 0 Å². The van der Waals surface area contributed by atoms with Gasteiger partial charge >= 0.3 is 12.3 Å². The summed E-state index contributed by atoms with van der Waals surface area (Å²) in [5, 5.41) is 8.86. The van der Waals surface area contributed by atoms with E-state index in [1.165, 1.54) is 11.8 Å². The molecule has 0 atom stereocenters. The summed E-state index contributed by atoms with van der Waals surface area (Å²) in [4.78, 5) is 18.8. The average molecular weight is 328 g/mol. The van der Waals surface area contributed by atoms with E-state index >= 15 is 0 Å². The summed E-state index contributed by atoms with van der Waals surface area (Å²) in [6.07, 6.45) is -4.49. The SMILES string of the molecule is Cc1nc(C(F)(F)F)nc(N)c1C#CC1CCN(C(=O)O)CC1. The molecule has 1 aromatic rings. The molecule has 0 bridgehead atoms. The number of amides is 1. The Bertz CT molecular complexity index is 648. The van der Waals surface area contributed by atoms with Gasteiger partial charge in [-0.25, -0.2) is 14.8 Å². The first-order chi connectivity index (χ1) is 10.7. The summed E-state index contributed by atoms with van der Waals surface area (Å²) < 4.78 is 37.8. The third-order valence-electron chi connectivity index (χ3n) is 3.54. The highest BCUT2D eigenvalue weighted by Gasteiger charge is 2.35. The number of alkyl halides is 3. The van der Waals surface area contributed by atoms with Crippen molar-refractivity contribution in [2.45, 2.75) is 25.9 Å². The Morgan fingerprint density at radius 3 is 2.43 bits per heavy atom. The molecule has 3 N–H and O–H groups in total. The van der Waals surface area contributed by atoms with Crippen molar-refractivity contribution in [3.05, 3.63) is 17.1 Å². The molecule has 124 valence electrons. The van der Waals surface area contributed by atoms with Crippen molar-refractivity contribution in [2.24, 2.45) is 5.92 Å². The van der Waals surface area contributed by atoms with Crippen molar-refractivity contribution in [3.63, 3.8) is 0 Å². The summed E-state index contributed by atoms with van der Waals surface area (Å²) in [5.74, 6) is 4.04. The Hall–Kier alpha value is -2.50. The van der Waals surface area contributed by atoms with Gasteiger partial charge in [-0.1, -0.05) is 11.8 Å². The van der Waals surface area contributed by atoms with E-state index in [1.807, 2.05) is 0 Å². The van der Waals surface area contributed by atoms with Gasteiger partial charge in [0.25, 0.3) is 0 Å². The standard InChI is InChI=1S/C14H15F3N4O2/c1-8-10(11(18)20-12(19-8)14(15,16)17)3-2-9-4-6-21(7-5-9)13(22)23/h9H,4-7H2,1H3,(H,22,23)(H2,18,19,20). The lowest BCUT2D eigenvalue weighted by molar-refractivity contribution is -0.145. The molecule has 0 aromatic carbocycles. The molecule has 9 heteroatoms. The molecule has 0 saturated carbocycles. The molecular formula is C14H15F3N4O2. The molecule has 0 radical (unpaired) electrons. The van der Waals surface area contributed by atoms with E-state index in [0.717, 1.165) is 0 Å². The molecule has 2 rings (SSSR count). The van der Waals surface area contributed by atoms with Crippen molar-refractivity contribution < 1.29 is 23.1 Å². The number of anilines is 1. The Balaban J connectivity index is 2.15. The Kier molecular flexibility index (Phi) is 4.63. The maximum Gasteiger partial charge on any atom is 0.451 e. The third kappa shape index (κ3) is 4.03. The van der Waals surface area contributed by atoms with E-state index in [2.05, 4.69) is 21.8 Å². The Morgan fingerprint density at radius 1 is 1.35 bits per heavy atom. The van der Waals surface area contributed by atoms with Crippen LogP contribution in [0.5, 0.6) is 0 Å². The number of nitrogens with two attached hydrogens (primary N) is 1. The van der Waals surface area contributed by atoms with Gasteiger partial charge in [0.1, 0.15) is 5.82 Å². The van der Waals surface area contributed by atoms with Gasteiger partial charge in [-0.05, 0) is 19.8 Å². The van der Waals surface area contributed by atoms with Gasteiger partial charge in [0.15, 0.2) is 0 Å². The minimum absolute atomic E-state index is 0.0355. The van der Waals surface area contributed by atoms with E-state index in [0.29, 0.717) is 25.9 Å². The van der Waals surface area contributed by atoms with E-state index < -0.39 is 18.1 Å². The minimum atomic E-state index is -4.66. The zero-order chi connectivity index (χ0) is 17.2. The number of carboxylic acid groups (broad SMARTS) is 1. The maximum absolute atomic E-state index is 12.6. The molecule has 0 aliphatic carbocycles. The normalized spacial score (nSPS) is 15.9. The van der Waals surface area contributed by atoms with E-state index in [9.17, 15) is 18.0 Å². The summed E-state index contributed by atoms with van der Waals surface area (Å²) in [6, 6.07) is 0. The van der Waals surface area contributed by atoms with Crippen LogP contribution in [0.2, 0.25) is 0 Å². The zero-order valence-corrected chi connectivity index (χ0v) is 12.3. The minimum Gasteiger partial charge on any atom is -0.465 e. The summed E-state index contributed by atoms with van der Waals surface area (Å²) in [6.45, 7) is 2.16. The zero-order valence-electron chi connectivity index (χ0n) is 12.3. The number of halogens is 3. The maximum atomic E-state index is 12.6. The molecule has 0 unspecified atom stereocenters. The summed E-state index contributed by atoms with van der Waals surface area (Å²) in [5.41, 5.74) is 5.81. The van der Waals surface area contributed by atoms with Crippen molar-refractivity contribution in [1.29, 1.82) is 0 Å². The summed E-state index contributed by atoms with van der Waals surface area (Å²) >= 11 is 0. The number of aryl methyl sites for hydroxylation is 1. The molecule has 1 aliphatic rings. The number of carbonyl (C=O) groups is 1. The highest BCUT2D eigenvalue weighted by atomic mass is 19.4. The number of nitrogen functional groups attached to an aromatic ring is 1. The van der Waals surface area contributed by atoms with Crippen LogP contribution in [0, 0.1) is 24.7 Å². The Morgan fingerprint density at radius 2 is 1.96 bits per heavy atom. The first-order valence-electron chi connectivity index (χ1n) is 6.89. The molecule has 0 spiro atoms. The van der Waals surface area contributed by atoms with Crippen LogP contribution in [0.15, 0.2) is 0 Å². The predicted octanol–water partition coefficient (Wildman–Crippen LogP) is 2.13. The number of hydrogen-bond donors (Lipinski definition) is 2. The predicted molar refractivity (Wildman–Crippen MR) is 75.4 cm³/mol. The molecule has 23 heavy (non-hydrogen) atoms. The molecule has 6 nitrogen and oxygen atoms in total. The van der Waals surface area contributed by atoms with Gasteiger partial charge in [-0.15, -0.1) is 0 Å². The molecule has 1 amide bonds. The van der Waals surface area contributed by atoms with Crippen molar-refractivity contribution in [3.8, 4) is 11.8 Å². The third-order valence-corrected chi connectivity index (χ3v) is 3.54. The average Bonchev–Trinajstić information content (AvgIpc) is 2.45. The van der Waals surface area contributed by atoms with Gasteiger partial charge in [0, 0.05) is 19.0 Å². The van der Waals surface area contributed by atoms with Crippen molar-refractivity contribution in [2.75, 3.05) is 18.8 Å². The molecule has 1 fully saturated rings. The quantitative estimate of drug-likeness (QED) is 0.712. The smallest absolute Gasteiger partial charge is 0.451 e. The molecule has 2 heterocycles. The van der Waals surface area contributed by atoms with Crippen LogP contribution in [-0.4, -0.2) is 39.2 Å². The van der Waals surface area contributed by atoms with Crippen molar-refractivity contribution >= 4 is 11.9 Å². The van der Waals surface area contributed by atoms with Gasteiger partial charge in [-0.2, -0.15) is 13.2 Å². The summed E-state index contributed by atoms with van der Waals surface area (Å²) in [7, 11) is 0. The van der Waals surface area contributed by atoms with Crippen LogP contribution in [0.4, 0.5) is 23.8 Å².